The number of nitrogen functional groups attached to an aromatic ring is 1. The van der Waals surface area contributed by atoms with Gasteiger partial charge in [-0.05, 0) is 32.2 Å². The summed E-state index contributed by atoms with van der Waals surface area (Å²) in [5, 5.41) is 0. The predicted octanol–water partition coefficient (Wildman–Crippen LogP) is 2.66. The molecule has 18 heavy (non-hydrogen) atoms. The molecule has 6 heteroatoms. The van der Waals surface area contributed by atoms with Crippen molar-refractivity contribution in [2.75, 3.05) is 25.9 Å². The number of nitrogens with two attached hydrogens (primary N) is 1. The Kier molecular flexibility index (Phi) is 4.84. The van der Waals surface area contributed by atoms with E-state index in [-0.39, 0.29) is 6.54 Å². The first-order valence-electron chi connectivity index (χ1n) is 5.58. The lowest BCUT2D eigenvalue weighted by Crippen LogP contribution is -2.30. The summed E-state index contributed by atoms with van der Waals surface area (Å²) in [6.45, 7) is 1.45. The van der Waals surface area contributed by atoms with E-state index in [9.17, 15) is 13.2 Å². The molecule has 0 saturated carbocycles. The van der Waals surface area contributed by atoms with E-state index in [2.05, 4.69) is 0 Å². The first-order chi connectivity index (χ1) is 8.31. The second-order valence-corrected chi connectivity index (χ2v) is 4.09. The minimum atomic E-state index is -4.21. The van der Waals surface area contributed by atoms with Crippen LogP contribution in [0.25, 0.3) is 0 Å². The zero-order valence-electron chi connectivity index (χ0n) is 10.4. The first-order valence-corrected chi connectivity index (χ1v) is 5.58. The molecule has 0 atom stereocenters. The van der Waals surface area contributed by atoms with Crippen LogP contribution < -0.4 is 10.5 Å². The standard InChI is InChI=1S/C12H17F3N2O/c1-3-18-11-5-4-10(16)6-9(11)7-17(2)8-12(13,14)15/h4-6H,3,7-8,16H2,1-2H3. The number of hydrogen-bond acceptors (Lipinski definition) is 3. The van der Waals surface area contributed by atoms with Gasteiger partial charge in [0.05, 0.1) is 13.2 Å². The maximum absolute atomic E-state index is 12.2. The van der Waals surface area contributed by atoms with Gasteiger partial charge < -0.3 is 10.5 Å². The third-order valence-corrected chi connectivity index (χ3v) is 2.27. The molecule has 3 nitrogen and oxygen atoms in total. The van der Waals surface area contributed by atoms with Crippen LogP contribution in [-0.2, 0) is 6.54 Å². The lowest BCUT2D eigenvalue weighted by atomic mass is 10.1. The van der Waals surface area contributed by atoms with Gasteiger partial charge in [0.25, 0.3) is 0 Å². The van der Waals surface area contributed by atoms with Gasteiger partial charge in [0.1, 0.15) is 5.75 Å². The second-order valence-electron chi connectivity index (χ2n) is 4.09. The van der Waals surface area contributed by atoms with E-state index >= 15 is 0 Å². The van der Waals surface area contributed by atoms with Crippen molar-refractivity contribution in [2.24, 2.45) is 0 Å². The number of rotatable bonds is 5. The molecule has 0 aliphatic rings. The van der Waals surface area contributed by atoms with Crippen molar-refractivity contribution in [2.45, 2.75) is 19.6 Å². The topological polar surface area (TPSA) is 38.5 Å². The molecule has 0 aliphatic heterocycles. The van der Waals surface area contributed by atoms with E-state index in [0.717, 1.165) is 0 Å². The number of ether oxygens (including phenoxy) is 1. The van der Waals surface area contributed by atoms with Crippen molar-refractivity contribution in [1.82, 2.24) is 4.90 Å². The van der Waals surface area contributed by atoms with Crippen molar-refractivity contribution in [1.29, 1.82) is 0 Å². The number of nitrogens with zero attached hydrogens (tertiary/aromatic N) is 1. The molecule has 102 valence electrons. The highest BCUT2D eigenvalue weighted by Gasteiger charge is 2.29. The Labute approximate surface area is 104 Å². The van der Waals surface area contributed by atoms with Crippen LogP contribution in [0, 0.1) is 0 Å². The van der Waals surface area contributed by atoms with E-state index in [0.29, 0.717) is 23.6 Å². The van der Waals surface area contributed by atoms with Crippen molar-refractivity contribution in [3.05, 3.63) is 23.8 Å². The maximum Gasteiger partial charge on any atom is 0.401 e. The first kappa shape index (κ1) is 14.6. The molecule has 0 heterocycles. The normalized spacial score (nSPS) is 11.9. The zero-order chi connectivity index (χ0) is 13.8. The molecule has 0 spiro atoms. The van der Waals surface area contributed by atoms with Crippen LogP contribution >= 0.6 is 0 Å². The van der Waals surface area contributed by atoms with Gasteiger partial charge in [0, 0.05) is 17.8 Å². The fourth-order valence-corrected chi connectivity index (χ4v) is 1.67. The molecule has 0 amide bonds. The number of anilines is 1. The Hall–Kier alpha value is -1.43. The molecular formula is C12H17F3N2O. The van der Waals surface area contributed by atoms with Gasteiger partial charge in [0.2, 0.25) is 0 Å². The Morgan fingerprint density at radius 3 is 2.56 bits per heavy atom. The van der Waals surface area contributed by atoms with E-state index in [4.69, 9.17) is 10.5 Å². The average Bonchev–Trinajstić information content (AvgIpc) is 2.19. The summed E-state index contributed by atoms with van der Waals surface area (Å²) < 4.78 is 42.1. The number of halogens is 3. The molecular weight excluding hydrogens is 245 g/mol. The van der Waals surface area contributed by atoms with E-state index in [1.165, 1.54) is 11.9 Å². The van der Waals surface area contributed by atoms with E-state index < -0.39 is 12.7 Å². The van der Waals surface area contributed by atoms with Gasteiger partial charge in [-0.15, -0.1) is 0 Å². The van der Waals surface area contributed by atoms with Gasteiger partial charge >= 0.3 is 6.18 Å². The van der Waals surface area contributed by atoms with Crippen LogP contribution in [0.3, 0.4) is 0 Å². The number of hydrogen-bond donors (Lipinski definition) is 1. The van der Waals surface area contributed by atoms with Crippen LogP contribution in [0.15, 0.2) is 18.2 Å². The van der Waals surface area contributed by atoms with E-state index in [1.807, 2.05) is 6.92 Å². The molecule has 0 radical (unpaired) electrons. The van der Waals surface area contributed by atoms with Gasteiger partial charge in [-0.25, -0.2) is 0 Å². The van der Waals surface area contributed by atoms with Gasteiger partial charge in [-0.1, -0.05) is 0 Å². The average molecular weight is 262 g/mol. The summed E-state index contributed by atoms with van der Waals surface area (Å²) in [7, 11) is 1.41. The number of alkyl halides is 3. The molecule has 0 aromatic heterocycles. The molecule has 0 saturated heterocycles. The summed E-state index contributed by atoms with van der Waals surface area (Å²) >= 11 is 0. The Morgan fingerprint density at radius 1 is 1.33 bits per heavy atom. The third kappa shape index (κ3) is 4.83. The summed E-state index contributed by atoms with van der Waals surface area (Å²) in [5.41, 5.74) is 6.79. The molecule has 1 rings (SSSR count). The van der Waals surface area contributed by atoms with Crippen LogP contribution in [-0.4, -0.2) is 31.3 Å². The highest BCUT2D eigenvalue weighted by Crippen LogP contribution is 2.24. The quantitative estimate of drug-likeness (QED) is 0.829. The Balaban J connectivity index is 2.78. The smallest absolute Gasteiger partial charge is 0.401 e. The molecule has 0 fully saturated rings. The fourth-order valence-electron chi connectivity index (χ4n) is 1.67. The van der Waals surface area contributed by atoms with Crippen LogP contribution in [0.2, 0.25) is 0 Å². The van der Waals surface area contributed by atoms with Crippen molar-refractivity contribution >= 4 is 5.69 Å². The maximum atomic E-state index is 12.2. The minimum Gasteiger partial charge on any atom is -0.494 e. The van der Waals surface area contributed by atoms with Gasteiger partial charge in [0.15, 0.2) is 0 Å². The lowest BCUT2D eigenvalue weighted by Gasteiger charge is -2.20. The third-order valence-electron chi connectivity index (χ3n) is 2.27. The molecule has 0 bridgehead atoms. The van der Waals surface area contributed by atoms with Crippen LogP contribution in [0.5, 0.6) is 5.75 Å². The largest absolute Gasteiger partial charge is 0.494 e. The highest BCUT2D eigenvalue weighted by atomic mass is 19.4. The predicted molar refractivity (Wildman–Crippen MR) is 64.4 cm³/mol. The minimum absolute atomic E-state index is 0.139. The summed E-state index contributed by atoms with van der Waals surface area (Å²) in [5.74, 6) is 0.570. The molecule has 1 aromatic rings. The van der Waals surface area contributed by atoms with Gasteiger partial charge in [-0.3, -0.25) is 4.90 Å². The summed E-state index contributed by atoms with van der Waals surface area (Å²) in [6.07, 6.45) is -4.21. The highest BCUT2D eigenvalue weighted by molar-refractivity contribution is 5.47. The fraction of sp³-hybridized carbons (Fsp3) is 0.500. The summed E-state index contributed by atoms with van der Waals surface area (Å²) in [6, 6.07) is 4.98. The monoisotopic (exact) mass is 262 g/mol. The van der Waals surface area contributed by atoms with Gasteiger partial charge in [-0.2, -0.15) is 13.2 Å². The summed E-state index contributed by atoms with van der Waals surface area (Å²) in [4.78, 5) is 1.18. The van der Waals surface area contributed by atoms with Crippen molar-refractivity contribution < 1.29 is 17.9 Å². The number of benzene rings is 1. The Bertz CT molecular complexity index is 393. The van der Waals surface area contributed by atoms with Crippen molar-refractivity contribution in [3.8, 4) is 5.75 Å². The second kappa shape index (κ2) is 5.95. The van der Waals surface area contributed by atoms with E-state index in [1.54, 1.807) is 18.2 Å². The zero-order valence-corrected chi connectivity index (χ0v) is 10.4. The molecule has 1 aromatic carbocycles. The Morgan fingerprint density at radius 2 is 2.00 bits per heavy atom. The van der Waals surface area contributed by atoms with Crippen molar-refractivity contribution in [3.63, 3.8) is 0 Å². The lowest BCUT2D eigenvalue weighted by molar-refractivity contribution is -0.144. The molecule has 0 aliphatic carbocycles. The van der Waals surface area contributed by atoms with Crippen LogP contribution in [0.4, 0.5) is 18.9 Å². The SMILES string of the molecule is CCOc1ccc(N)cc1CN(C)CC(F)(F)F. The van der Waals surface area contributed by atoms with Crippen LogP contribution in [0.1, 0.15) is 12.5 Å². The molecule has 0 unspecified atom stereocenters. The molecule has 2 N–H and O–H groups in total.